The van der Waals surface area contributed by atoms with E-state index in [-0.39, 0.29) is 0 Å². The summed E-state index contributed by atoms with van der Waals surface area (Å²) in [5.74, 6) is 0.972. The van der Waals surface area contributed by atoms with E-state index >= 15 is 0 Å². The third-order valence-electron chi connectivity index (χ3n) is 3.03. The third kappa shape index (κ3) is 3.09. The zero-order chi connectivity index (χ0) is 13.8. The molecule has 0 saturated carbocycles. The first kappa shape index (κ1) is 13.7. The third-order valence-corrected chi connectivity index (χ3v) is 5.35. The van der Waals surface area contributed by atoms with Gasteiger partial charge in [-0.05, 0) is 28.6 Å². The summed E-state index contributed by atoms with van der Waals surface area (Å²) >= 11 is 9.70. The van der Waals surface area contributed by atoms with Crippen LogP contribution in [-0.4, -0.2) is 0 Å². The fourth-order valence-electron chi connectivity index (χ4n) is 2.04. The van der Waals surface area contributed by atoms with Crippen LogP contribution >= 0.6 is 34.7 Å². The summed E-state index contributed by atoms with van der Waals surface area (Å²) in [6.07, 6.45) is 0. The Kier molecular flexibility index (Phi) is 4.46. The summed E-state index contributed by atoms with van der Waals surface area (Å²) in [7, 11) is 0. The average Bonchev–Trinajstić information content (AvgIpc) is 2.92. The van der Waals surface area contributed by atoms with Crippen LogP contribution in [0.2, 0.25) is 4.34 Å². The first-order valence-corrected chi connectivity index (χ1v) is 8.58. The van der Waals surface area contributed by atoms with Gasteiger partial charge in [0, 0.05) is 16.2 Å². The van der Waals surface area contributed by atoms with Crippen molar-refractivity contribution in [2.45, 2.75) is 10.6 Å². The molecule has 3 heteroatoms. The van der Waals surface area contributed by atoms with E-state index in [1.807, 2.05) is 23.2 Å². The van der Waals surface area contributed by atoms with E-state index in [0.29, 0.717) is 0 Å². The molecule has 0 radical (unpaired) electrons. The second kappa shape index (κ2) is 6.49. The van der Waals surface area contributed by atoms with Gasteiger partial charge in [-0.2, -0.15) is 0 Å². The Morgan fingerprint density at radius 2 is 1.60 bits per heavy atom. The first-order valence-electron chi connectivity index (χ1n) is 6.34. The molecular formula is C17H13ClS2. The van der Waals surface area contributed by atoms with E-state index in [9.17, 15) is 0 Å². The monoisotopic (exact) mass is 316 g/mol. The molecule has 1 aromatic heterocycles. The zero-order valence-electron chi connectivity index (χ0n) is 10.8. The lowest BCUT2D eigenvalue weighted by Crippen LogP contribution is -1.83. The van der Waals surface area contributed by atoms with E-state index in [2.05, 4.69) is 54.6 Å². The number of thioether (sulfide) groups is 1. The van der Waals surface area contributed by atoms with Crippen molar-refractivity contribution in [3.05, 3.63) is 75.9 Å². The smallest absolute Gasteiger partial charge is 0.101 e. The number of rotatable bonds is 4. The molecule has 20 heavy (non-hydrogen) atoms. The number of hydrogen-bond donors (Lipinski definition) is 0. The molecule has 0 nitrogen and oxygen atoms in total. The van der Waals surface area contributed by atoms with E-state index in [1.165, 1.54) is 16.0 Å². The Hall–Kier alpha value is -1.22. The zero-order valence-corrected chi connectivity index (χ0v) is 13.1. The minimum Gasteiger partial charge on any atom is -0.131 e. The Morgan fingerprint density at radius 3 is 2.35 bits per heavy atom. The van der Waals surface area contributed by atoms with Crippen LogP contribution in [0.4, 0.5) is 0 Å². The molecule has 0 aliphatic rings. The van der Waals surface area contributed by atoms with Crippen LogP contribution in [0.15, 0.2) is 70.9 Å². The minimum atomic E-state index is 0.859. The van der Waals surface area contributed by atoms with Crippen molar-refractivity contribution in [1.29, 1.82) is 0 Å². The van der Waals surface area contributed by atoms with Crippen molar-refractivity contribution in [1.82, 2.24) is 0 Å². The van der Waals surface area contributed by atoms with Crippen molar-refractivity contribution in [2.24, 2.45) is 0 Å². The second-order valence-electron chi connectivity index (χ2n) is 4.38. The highest BCUT2D eigenvalue weighted by Crippen LogP contribution is 2.38. The summed E-state index contributed by atoms with van der Waals surface area (Å²) in [5, 5.41) is 2.04. The average molecular weight is 317 g/mol. The summed E-state index contributed by atoms with van der Waals surface area (Å²) in [6, 6.07) is 21.1. The van der Waals surface area contributed by atoms with Gasteiger partial charge in [-0.15, -0.1) is 23.1 Å². The molecule has 0 fully saturated rings. The Balaban J connectivity index is 1.86. The summed E-state index contributed by atoms with van der Waals surface area (Å²) in [4.78, 5) is 1.27. The Bertz CT molecular complexity index is 689. The van der Waals surface area contributed by atoms with E-state index in [0.717, 1.165) is 15.7 Å². The Morgan fingerprint density at radius 1 is 0.850 bits per heavy atom. The topological polar surface area (TPSA) is 0 Å². The molecule has 0 bridgehead atoms. The summed E-state index contributed by atoms with van der Waals surface area (Å²) in [5.41, 5.74) is 3.69. The van der Waals surface area contributed by atoms with Gasteiger partial charge in [-0.3, -0.25) is 0 Å². The number of halogens is 1. The molecule has 3 aromatic rings. The van der Waals surface area contributed by atoms with E-state index in [4.69, 9.17) is 11.6 Å². The standard InChI is InChI=1S/C17H13ClS2/c18-17-15(10-11-19-17)14-8-4-5-9-16(14)20-12-13-6-2-1-3-7-13/h1-11H,12H2. The van der Waals surface area contributed by atoms with Crippen molar-refractivity contribution < 1.29 is 0 Å². The second-order valence-corrected chi connectivity index (χ2v) is 6.91. The van der Waals surface area contributed by atoms with Crippen LogP contribution in [0.5, 0.6) is 0 Å². The highest BCUT2D eigenvalue weighted by atomic mass is 35.5. The Labute approximate surface area is 132 Å². The van der Waals surface area contributed by atoms with Gasteiger partial charge in [0.15, 0.2) is 0 Å². The predicted molar refractivity (Wildman–Crippen MR) is 90.8 cm³/mol. The highest BCUT2D eigenvalue weighted by molar-refractivity contribution is 7.98. The van der Waals surface area contributed by atoms with Gasteiger partial charge in [0.05, 0.1) is 0 Å². The molecule has 0 aliphatic carbocycles. The maximum absolute atomic E-state index is 6.27. The number of thiophene rings is 1. The summed E-state index contributed by atoms with van der Waals surface area (Å²) in [6.45, 7) is 0. The van der Waals surface area contributed by atoms with Crippen molar-refractivity contribution in [2.75, 3.05) is 0 Å². The molecular weight excluding hydrogens is 304 g/mol. The summed E-state index contributed by atoms with van der Waals surface area (Å²) < 4.78 is 0.859. The normalized spacial score (nSPS) is 10.7. The molecule has 0 amide bonds. The molecule has 1 heterocycles. The van der Waals surface area contributed by atoms with Crippen LogP contribution < -0.4 is 0 Å². The van der Waals surface area contributed by atoms with Crippen LogP contribution in [0.1, 0.15) is 5.56 Å². The maximum Gasteiger partial charge on any atom is 0.101 e. The van der Waals surface area contributed by atoms with Crippen LogP contribution in [0, 0.1) is 0 Å². The molecule has 2 aromatic carbocycles. The molecule has 0 N–H and O–H groups in total. The van der Waals surface area contributed by atoms with Crippen molar-refractivity contribution >= 4 is 34.7 Å². The fraction of sp³-hybridized carbons (Fsp3) is 0.0588. The minimum absolute atomic E-state index is 0.859. The number of hydrogen-bond acceptors (Lipinski definition) is 2. The van der Waals surface area contributed by atoms with E-state index < -0.39 is 0 Å². The van der Waals surface area contributed by atoms with E-state index in [1.54, 1.807) is 11.3 Å². The van der Waals surface area contributed by atoms with Gasteiger partial charge in [0.2, 0.25) is 0 Å². The molecule has 3 rings (SSSR count). The lowest BCUT2D eigenvalue weighted by molar-refractivity contribution is 1.38. The molecule has 0 atom stereocenters. The fourth-order valence-corrected chi connectivity index (χ4v) is 4.01. The molecule has 0 saturated heterocycles. The number of benzene rings is 2. The lowest BCUT2D eigenvalue weighted by Gasteiger charge is -2.08. The molecule has 0 unspecified atom stereocenters. The molecule has 0 spiro atoms. The lowest BCUT2D eigenvalue weighted by atomic mass is 10.1. The van der Waals surface area contributed by atoms with Gasteiger partial charge in [0.25, 0.3) is 0 Å². The van der Waals surface area contributed by atoms with Gasteiger partial charge in [-0.25, -0.2) is 0 Å². The highest BCUT2D eigenvalue weighted by Gasteiger charge is 2.09. The van der Waals surface area contributed by atoms with Gasteiger partial charge in [0.1, 0.15) is 4.34 Å². The van der Waals surface area contributed by atoms with Crippen molar-refractivity contribution in [3.63, 3.8) is 0 Å². The van der Waals surface area contributed by atoms with Crippen LogP contribution in [0.3, 0.4) is 0 Å². The quantitative estimate of drug-likeness (QED) is 0.504. The van der Waals surface area contributed by atoms with Gasteiger partial charge in [-0.1, -0.05) is 60.1 Å². The van der Waals surface area contributed by atoms with Crippen LogP contribution in [0.25, 0.3) is 11.1 Å². The van der Waals surface area contributed by atoms with Gasteiger partial charge < -0.3 is 0 Å². The SMILES string of the molecule is Clc1sccc1-c1ccccc1SCc1ccccc1. The molecule has 100 valence electrons. The predicted octanol–water partition coefficient (Wildman–Crippen LogP) is 6.36. The maximum atomic E-state index is 6.27. The first-order chi connectivity index (χ1) is 9.84. The van der Waals surface area contributed by atoms with Crippen LogP contribution in [-0.2, 0) is 5.75 Å². The largest absolute Gasteiger partial charge is 0.131 e. The van der Waals surface area contributed by atoms with Crippen molar-refractivity contribution in [3.8, 4) is 11.1 Å². The van der Waals surface area contributed by atoms with Gasteiger partial charge >= 0.3 is 0 Å². The molecule has 0 aliphatic heterocycles.